The zero-order valence-electron chi connectivity index (χ0n) is 44.5. The molecular weight excluding hydrogens is 1040 g/mol. The lowest BCUT2D eigenvalue weighted by molar-refractivity contribution is -0.144. The molecule has 0 saturated carbocycles. The van der Waals surface area contributed by atoms with Gasteiger partial charge in [0.1, 0.15) is 12.1 Å². The van der Waals surface area contributed by atoms with Gasteiger partial charge in [-0.15, -0.1) is 22.7 Å². The number of aryl methyl sites for hydroxylation is 2. The third-order valence-electron chi connectivity index (χ3n) is 14.3. The maximum absolute atomic E-state index is 14.2. The van der Waals surface area contributed by atoms with Crippen LogP contribution in [0.5, 0.6) is 0 Å². The number of carbonyl (C=O) groups is 6. The Balaban J connectivity index is 0.793. The highest BCUT2D eigenvalue weighted by molar-refractivity contribution is 7.22. The Morgan fingerprint density at radius 3 is 2.42 bits per heavy atom. The van der Waals surface area contributed by atoms with Crippen LogP contribution in [0.15, 0.2) is 72.2 Å². The fraction of sp³-hybridized carbons (Fsp3) is 0.446. The van der Waals surface area contributed by atoms with E-state index in [-0.39, 0.29) is 61.9 Å². The number of methoxy groups -OCH3 is 1. The number of para-hydroxylation sites is 1. The molecule has 8 rings (SSSR count). The molecule has 2 aliphatic heterocycles. The topological polar surface area (TPSA) is 237 Å². The number of aliphatic hydroxyl groups excluding tert-OH is 1. The van der Waals surface area contributed by atoms with Gasteiger partial charge in [-0.1, -0.05) is 80.6 Å². The van der Waals surface area contributed by atoms with Crippen molar-refractivity contribution in [2.24, 2.45) is 5.41 Å². The number of anilines is 2. The molecule has 3 aromatic heterocycles. The van der Waals surface area contributed by atoms with Crippen LogP contribution in [0.25, 0.3) is 20.7 Å². The number of aromatic nitrogens is 3. The summed E-state index contributed by atoms with van der Waals surface area (Å²) in [5, 5.41) is 30.9. The van der Waals surface area contributed by atoms with E-state index in [0.717, 1.165) is 43.0 Å². The number of benzene rings is 3. The number of thiazole rings is 3. The highest BCUT2D eigenvalue weighted by atomic mass is 32.1. The molecule has 2 aliphatic rings. The summed E-state index contributed by atoms with van der Waals surface area (Å²) in [5.41, 5.74) is 7.15. The Bertz CT molecular complexity index is 3080. The number of rotatable bonds is 21. The number of hydrogen-bond donors (Lipinski definition) is 5. The minimum atomic E-state index is -1.13. The zero-order chi connectivity index (χ0) is 55.1. The van der Waals surface area contributed by atoms with Gasteiger partial charge in [0.05, 0.1) is 44.5 Å². The Morgan fingerprint density at radius 1 is 0.948 bits per heavy atom. The van der Waals surface area contributed by atoms with E-state index in [1.807, 2.05) is 100 Å². The highest BCUT2D eigenvalue weighted by Crippen LogP contribution is 2.35. The lowest BCUT2D eigenvalue weighted by Gasteiger charge is -2.35. The summed E-state index contributed by atoms with van der Waals surface area (Å²) in [4.78, 5) is 101. The van der Waals surface area contributed by atoms with E-state index in [1.165, 1.54) is 27.6 Å². The second-order valence-corrected chi connectivity index (χ2v) is 23.8. The van der Waals surface area contributed by atoms with Gasteiger partial charge in [-0.3, -0.25) is 29.3 Å². The van der Waals surface area contributed by atoms with Crippen molar-refractivity contribution in [2.45, 2.75) is 123 Å². The third kappa shape index (κ3) is 13.7. The molecule has 408 valence electrons. The first-order chi connectivity index (χ1) is 36.8. The molecular formula is C56H67N9O9S3. The molecule has 1 fully saturated rings. The van der Waals surface area contributed by atoms with Crippen LogP contribution >= 0.6 is 34.0 Å². The van der Waals surface area contributed by atoms with Crippen molar-refractivity contribution in [3.63, 3.8) is 0 Å². The van der Waals surface area contributed by atoms with Gasteiger partial charge in [0.2, 0.25) is 23.6 Å². The first-order valence-electron chi connectivity index (χ1n) is 25.9. The number of hydrogen-bond acceptors (Lipinski definition) is 15. The molecule has 77 heavy (non-hydrogen) atoms. The summed E-state index contributed by atoms with van der Waals surface area (Å²) in [6.07, 6.45) is 1.17. The van der Waals surface area contributed by atoms with Gasteiger partial charge in [0.25, 0.3) is 5.91 Å². The number of fused-ring (bicyclic) bond motifs is 2. The number of nitrogens with zero attached hydrogens (tertiary/aromatic N) is 6. The molecule has 3 aromatic carbocycles. The van der Waals surface area contributed by atoms with Gasteiger partial charge in [0, 0.05) is 70.0 Å². The second kappa shape index (κ2) is 24.8. The number of aromatic carboxylic acids is 1. The molecule has 6 aromatic rings. The Morgan fingerprint density at radius 2 is 1.71 bits per heavy atom. The van der Waals surface area contributed by atoms with Crippen LogP contribution in [0.2, 0.25) is 0 Å². The lowest BCUT2D eigenvalue weighted by atomic mass is 9.85. The molecule has 1 saturated heterocycles. The largest absolute Gasteiger partial charge is 0.476 e. The first-order valence-corrected chi connectivity index (χ1v) is 28.4. The minimum Gasteiger partial charge on any atom is -0.476 e. The van der Waals surface area contributed by atoms with E-state index in [1.54, 1.807) is 42.0 Å². The number of β-amino-alcohol motifs (C(OH)–C–C–N with tert-alkyl or cyclic N) is 1. The van der Waals surface area contributed by atoms with Crippen LogP contribution < -0.4 is 20.9 Å². The highest BCUT2D eigenvalue weighted by Gasteiger charge is 2.45. The smallest absolute Gasteiger partial charge is 0.355 e. The van der Waals surface area contributed by atoms with Crippen LogP contribution in [-0.4, -0.2) is 129 Å². The number of carbonyl (C=O) groups excluding carboxylic acids is 5. The summed E-state index contributed by atoms with van der Waals surface area (Å²) in [7, 11) is 3.27. The molecule has 0 radical (unpaired) electrons. The van der Waals surface area contributed by atoms with Crippen molar-refractivity contribution in [3.05, 3.63) is 111 Å². The third-order valence-corrected chi connectivity index (χ3v) is 17.4. The van der Waals surface area contributed by atoms with Crippen LogP contribution in [0.3, 0.4) is 0 Å². The van der Waals surface area contributed by atoms with Gasteiger partial charge >= 0.3 is 5.97 Å². The molecule has 1 unspecified atom stereocenters. The Kier molecular flexibility index (Phi) is 18.2. The second-order valence-electron chi connectivity index (χ2n) is 20.9. The molecule has 21 heteroatoms. The van der Waals surface area contributed by atoms with Gasteiger partial charge in [-0.25, -0.2) is 19.7 Å². The van der Waals surface area contributed by atoms with Crippen molar-refractivity contribution in [3.8, 4) is 10.4 Å². The van der Waals surface area contributed by atoms with E-state index in [0.29, 0.717) is 66.0 Å². The van der Waals surface area contributed by atoms with Gasteiger partial charge < -0.3 is 40.3 Å². The van der Waals surface area contributed by atoms with Crippen LogP contribution in [-0.2, 0) is 43.3 Å². The normalized spacial score (nSPS) is 16.6. The number of nitrogens with one attached hydrogen (secondary N) is 3. The van der Waals surface area contributed by atoms with Gasteiger partial charge in [-0.2, -0.15) is 0 Å². The number of amides is 5. The van der Waals surface area contributed by atoms with Crippen LogP contribution in [0.4, 0.5) is 10.3 Å². The molecule has 5 atom stereocenters. The quantitative estimate of drug-likeness (QED) is 0.0460. The van der Waals surface area contributed by atoms with Crippen molar-refractivity contribution in [1.82, 2.24) is 35.4 Å². The summed E-state index contributed by atoms with van der Waals surface area (Å²) < 4.78 is 6.77. The van der Waals surface area contributed by atoms with Crippen LogP contribution in [0, 0.1) is 12.3 Å². The van der Waals surface area contributed by atoms with Gasteiger partial charge in [0.15, 0.2) is 16.0 Å². The summed E-state index contributed by atoms with van der Waals surface area (Å²) in [6.45, 7) is 10.6. The number of ether oxygens (including phenoxy) is 1. The monoisotopic (exact) mass is 1110 g/mol. The lowest BCUT2D eigenvalue weighted by Crippen LogP contribution is -2.57. The van der Waals surface area contributed by atoms with E-state index < -0.39 is 47.3 Å². The zero-order valence-corrected chi connectivity index (χ0v) is 46.9. The maximum atomic E-state index is 14.2. The molecule has 5 heterocycles. The van der Waals surface area contributed by atoms with Crippen molar-refractivity contribution < 1.29 is 43.7 Å². The molecule has 18 nitrogen and oxygen atoms in total. The number of carboxylic acid groups (broad SMARTS) is 1. The summed E-state index contributed by atoms with van der Waals surface area (Å²) in [6, 6.07) is 18.9. The molecule has 0 bridgehead atoms. The predicted octanol–water partition coefficient (Wildman–Crippen LogP) is 8.03. The average Bonchev–Trinajstić information content (AvgIpc) is 4.25. The molecule has 5 N–H and O–H groups in total. The molecule has 0 aliphatic carbocycles. The number of aliphatic hydroxyl groups is 1. The summed E-state index contributed by atoms with van der Waals surface area (Å²) in [5.74, 6) is -2.84. The molecule has 0 spiro atoms. The van der Waals surface area contributed by atoms with E-state index >= 15 is 0 Å². The standard InChI is InChI=1S/C56H67N9O9S3/c1-32(34-18-20-36(21-19-34)48-33(2)57-31-75-48)58-51(70)42-28-37(66)29-65(42)52(71)49(56(3,4)5)60-45(67)16-11-17-46(68)63(6)26-25-38(74-7)22-23-44-47(53(72)73)61-55(77-44)64-27-24-35-12-10-13-39(40(35)30-64)50(69)62-54-59-41-14-8-9-15-43(41)76-54/h8-10,12-15,18-21,31-32,37-38,42,49,66H,11,16-17,22-30H2,1-7H3,(H,58,70)(H,60,67)(H,72,73)(H,59,62,69)/t32-,37+,38?,42-,49+/m0/s1. The van der Waals surface area contributed by atoms with Crippen molar-refractivity contribution in [1.29, 1.82) is 0 Å². The summed E-state index contributed by atoms with van der Waals surface area (Å²) >= 11 is 4.29. The Hall–Kier alpha value is -6.65. The van der Waals surface area contributed by atoms with E-state index in [9.17, 15) is 39.0 Å². The fourth-order valence-corrected chi connectivity index (χ4v) is 12.6. The van der Waals surface area contributed by atoms with E-state index in [4.69, 9.17) is 4.74 Å². The fourth-order valence-electron chi connectivity index (χ4n) is 9.83. The van der Waals surface area contributed by atoms with Crippen molar-refractivity contribution >= 4 is 90.0 Å². The Labute approximate surface area is 460 Å². The number of carboxylic acids is 1. The van der Waals surface area contributed by atoms with E-state index in [2.05, 4.69) is 30.9 Å². The average molecular weight is 1110 g/mol. The first kappa shape index (κ1) is 56.6. The molecule has 5 amide bonds. The number of likely N-dealkylation sites (tertiary alicyclic amines) is 1. The van der Waals surface area contributed by atoms with Crippen molar-refractivity contribution in [2.75, 3.05) is 44.0 Å². The predicted molar refractivity (Wildman–Crippen MR) is 299 cm³/mol. The maximum Gasteiger partial charge on any atom is 0.355 e. The minimum absolute atomic E-state index is 0.0141. The van der Waals surface area contributed by atoms with Crippen LogP contribution in [0.1, 0.15) is 120 Å². The SMILES string of the molecule is COC(CCc1sc(N2CCc3cccc(C(=O)Nc4nc5ccccc5s4)c3C2)nc1C(=O)O)CCN(C)C(=O)CCCC(=O)N[C@H](C(=O)N1C[C@H](O)C[C@H]1C(=O)N[C@@H](C)c1ccc(-c2scnc2C)cc1)C(C)(C)C. The van der Waals surface area contributed by atoms with Gasteiger partial charge in [-0.05, 0) is 91.8 Å².